The summed E-state index contributed by atoms with van der Waals surface area (Å²) in [6.07, 6.45) is 2.53. The standard InChI is InChI=1S/C13H14N2O2/c1-10(13-14-7-12(16)8-15-13)17-9-11-5-3-2-4-6-11/h2-8,10,16H,9H2,1H3. The quantitative estimate of drug-likeness (QED) is 0.876. The first-order chi connectivity index (χ1) is 8.25. The Bertz CT molecular complexity index is 457. The normalized spacial score (nSPS) is 12.3. The summed E-state index contributed by atoms with van der Waals surface area (Å²) in [5, 5.41) is 9.08. The van der Waals surface area contributed by atoms with E-state index in [9.17, 15) is 0 Å². The minimum atomic E-state index is -0.198. The van der Waals surface area contributed by atoms with Gasteiger partial charge in [0.2, 0.25) is 0 Å². The number of nitrogens with zero attached hydrogens (tertiary/aromatic N) is 2. The predicted molar refractivity (Wildman–Crippen MR) is 63.3 cm³/mol. The van der Waals surface area contributed by atoms with Crippen LogP contribution in [0.4, 0.5) is 0 Å². The second-order valence-corrected chi connectivity index (χ2v) is 3.74. The second kappa shape index (κ2) is 5.41. The summed E-state index contributed by atoms with van der Waals surface area (Å²) in [5.74, 6) is 0.628. The van der Waals surface area contributed by atoms with Gasteiger partial charge in [0.15, 0.2) is 11.6 Å². The zero-order valence-corrected chi connectivity index (χ0v) is 9.58. The van der Waals surface area contributed by atoms with Gasteiger partial charge in [-0.3, -0.25) is 0 Å². The van der Waals surface area contributed by atoms with Crippen LogP contribution in [0.15, 0.2) is 42.7 Å². The maximum atomic E-state index is 9.08. The number of aromatic hydroxyl groups is 1. The van der Waals surface area contributed by atoms with E-state index in [1.54, 1.807) is 0 Å². The Morgan fingerprint density at radius 2 is 1.82 bits per heavy atom. The summed E-state index contributed by atoms with van der Waals surface area (Å²) in [5.41, 5.74) is 1.11. The van der Waals surface area contributed by atoms with Crippen LogP contribution >= 0.6 is 0 Å². The fourth-order valence-electron chi connectivity index (χ4n) is 1.41. The van der Waals surface area contributed by atoms with Crippen molar-refractivity contribution in [1.82, 2.24) is 9.97 Å². The molecule has 0 bridgehead atoms. The van der Waals surface area contributed by atoms with Crippen LogP contribution in [-0.2, 0) is 11.3 Å². The number of ether oxygens (including phenoxy) is 1. The van der Waals surface area contributed by atoms with E-state index in [1.165, 1.54) is 12.4 Å². The van der Waals surface area contributed by atoms with Gasteiger partial charge < -0.3 is 9.84 Å². The SMILES string of the molecule is CC(OCc1ccccc1)c1ncc(O)cn1. The molecule has 0 amide bonds. The van der Waals surface area contributed by atoms with Crippen LogP contribution in [0.3, 0.4) is 0 Å². The molecule has 0 aliphatic carbocycles. The van der Waals surface area contributed by atoms with Crippen LogP contribution in [0.5, 0.6) is 5.75 Å². The molecule has 4 nitrogen and oxygen atoms in total. The van der Waals surface area contributed by atoms with Crippen molar-refractivity contribution >= 4 is 0 Å². The first-order valence-corrected chi connectivity index (χ1v) is 5.42. The first-order valence-electron chi connectivity index (χ1n) is 5.42. The third-order valence-electron chi connectivity index (χ3n) is 2.36. The van der Waals surface area contributed by atoms with Gasteiger partial charge in [0, 0.05) is 0 Å². The van der Waals surface area contributed by atoms with Crippen LogP contribution in [0.1, 0.15) is 24.4 Å². The average molecular weight is 230 g/mol. The van der Waals surface area contributed by atoms with E-state index in [0.717, 1.165) is 5.56 Å². The molecule has 1 aromatic carbocycles. The van der Waals surface area contributed by atoms with Gasteiger partial charge in [-0.25, -0.2) is 9.97 Å². The molecule has 0 aliphatic rings. The van der Waals surface area contributed by atoms with Crippen molar-refractivity contribution < 1.29 is 9.84 Å². The lowest BCUT2D eigenvalue weighted by atomic mass is 10.2. The van der Waals surface area contributed by atoms with Crippen molar-refractivity contribution in [2.75, 3.05) is 0 Å². The number of aromatic nitrogens is 2. The molecule has 88 valence electrons. The van der Waals surface area contributed by atoms with Crippen LogP contribution in [0, 0.1) is 0 Å². The molecule has 0 aliphatic heterocycles. The predicted octanol–water partition coefficient (Wildman–Crippen LogP) is 2.46. The Morgan fingerprint density at radius 3 is 2.47 bits per heavy atom. The van der Waals surface area contributed by atoms with Gasteiger partial charge in [-0.15, -0.1) is 0 Å². The minimum Gasteiger partial charge on any atom is -0.505 e. The minimum absolute atomic E-state index is 0.0593. The summed E-state index contributed by atoms with van der Waals surface area (Å²) < 4.78 is 5.65. The third-order valence-corrected chi connectivity index (χ3v) is 2.36. The number of benzene rings is 1. The van der Waals surface area contributed by atoms with Gasteiger partial charge in [0.25, 0.3) is 0 Å². The van der Waals surface area contributed by atoms with E-state index in [-0.39, 0.29) is 11.9 Å². The molecule has 0 saturated heterocycles. The summed E-state index contributed by atoms with van der Waals surface area (Å²) in [7, 11) is 0. The van der Waals surface area contributed by atoms with E-state index in [4.69, 9.17) is 9.84 Å². The highest BCUT2D eigenvalue weighted by molar-refractivity contribution is 5.14. The lowest BCUT2D eigenvalue weighted by molar-refractivity contribution is 0.0466. The summed E-state index contributed by atoms with van der Waals surface area (Å²) >= 11 is 0. The van der Waals surface area contributed by atoms with Gasteiger partial charge in [0.05, 0.1) is 19.0 Å². The smallest absolute Gasteiger partial charge is 0.157 e. The largest absolute Gasteiger partial charge is 0.505 e. The summed E-state index contributed by atoms with van der Waals surface area (Å²) in [6, 6.07) is 9.92. The van der Waals surface area contributed by atoms with Crippen LogP contribution in [0.2, 0.25) is 0 Å². The molecule has 2 rings (SSSR count). The molecule has 4 heteroatoms. The molecule has 0 radical (unpaired) electrons. The molecule has 2 aromatic rings. The van der Waals surface area contributed by atoms with Gasteiger partial charge >= 0.3 is 0 Å². The van der Waals surface area contributed by atoms with E-state index < -0.39 is 0 Å². The lowest BCUT2D eigenvalue weighted by Gasteiger charge is -2.11. The Kier molecular flexibility index (Phi) is 3.67. The summed E-state index contributed by atoms with van der Waals surface area (Å²) in [4.78, 5) is 8.01. The third kappa shape index (κ3) is 3.26. The molecule has 0 saturated carbocycles. The maximum Gasteiger partial charge on any atom is 0.157 e. The Balaban J connectivity index is 1.93. The molecule has 1 unspecified atom stereocenters. The Labute approximate surface area is 99.9 Å². The van der Waals surface area contributed by atoms with Crippen molar-refractivity contribution in [3.8, 4) is 5.75 Å². The molecule has 17 heavy (non-hydrogen) atoms. The second-order valence-electron chi connectivity index (χ2n) is 3.74. The molecule has 1 heterocycles. The highest BCUT2D eigenvalue weighted by Gasteiger charge is 2.08. The Hall–Kier alpha value is -1.94. The topological polar surface area (TPSA) is 55.2 Å². The van der Waals surface area contributed by atoms with Gasteiger partial charge in [-0.2, -0.15) is 0 Å². The zero-order chi connectivity index (χ0) is 12.1. The molecular weight excluding hydrogens is 216 g/mol. The first kappa shape index (κ1) is 11.5. The van der Waals surface area contributed by atoms with Crippen LogP contribution < -0.4 is 0 Å². The Morgan fingerprint density at radius 1 is 1.18 bits per heavy atom. The van der Waals surface area contributed by atoms with Crippen molar-refractivity contribution in [3.63, 3.8) is 0 Å². The van der Waals surface area contributed by atoms with E-state index in [0.29, 0.717) is 12.4 Å². The fourth-order valence-corrected chi connectivity index (χ4v) is 1.41. The van der Waals surface area contributed by atoms with Crippen LogP contribution in [-0.4, -0.2) is 15.1 Å². The van der Waals surface area contributed by atoms with E-state index >= 15 is 0 Å². The molecule has 0 spiro atoms. The average Bonchev–Trinajstić information content (AvgIpc) is 2.38. The lowest BCUT2D eigenvalue weighted by Crippen LogP contribution is -2.04. The number of hydrogen-bond donors (Lipinski definition) is 1. The zero-order valence-electron chi connectivity index (χ0n) is 9.58. The van der Waals surface area contributed by atoms with E-state index in [2.05, 4.69) is 9.97 Å². The molecule has 0 fully saturated rings. The highest BCUT2D eigenvalue weighted by atomic mass is 16.5. The molecule has 1 N–H and O–H groups in total. The summed E-state index contributed by atoms with van der Waals surface area (Å²) in [6.45, 7) is 2.40. The maximum absolute atomic E-state index is 9.08. The van der Waals surface area contributed by atoms with Crippen molar-refractivity contribution in [1.29, 1.82) is 0 Å². The van der Waals surface area contributed by atoms with E-state index in [1.807, 2.05) is 37.3 Å². The van der Waals surface area contributed by atoms with Crippen molar-refractivity contribution in [2.24, 2.45) is 0 Å². The van der Waals surface area contributed by atoms with Gasteiger partial charge in [-0.05, 0) is 12.5 Å². The fraction of sp³-hybridized carbons (Fsp3) is 0.231. The molecular formula is C13H14N2O2. The molecule has 1 aromatic heterocycles. The monoisotopic (exact) mass is 230 g/mol. The van der Waals surface area contributed by atoms with Gasteiger partial charge in [0.1, 0.15) is 6.10 Å². The molecule has 1 atom stereocenters. The number of hydrogen-bond acceptors (Lipinski definition) is 4. The van der Waals surface area contributed by atoms with Crippen LogP contribution in [0.25, 0.3) is 0 Å². The van der Waals surface area contributed by atoms with Crippen molar-refractivity contribution in [3.05, 3.63) is 54.1 Å². The highest BCUT2D eigenvalue weighted by Crippen LogP contribution is 2.15. The van der Waals surface area contributed by atoms with Crippen molar-refractivity contribution in [2.45, 2.75) is 19.6 Å². The number of rotatable bonds is 4. The van der Waals surface area contributed by atoms with Gasteiger partial charge in [-0.1, -0.05) is 30.3 Å².